The maximum atomic E-state index is 9.61. The van der Waals surface area contributed by atoms with Crippen LogP contribution >= 0.6 is 0 Å². The Balaban J connectivity index is 2.11. The van der Waals surface area contributed by atoms with Gasteiger partial charge in [0.1, 0.15) is 29.8 Å². The third kappa shape index (κ3) is 3.82. The van der Waals surface area contributed by atoms with Gasteiger partial charge in [0, 0.05) is 23.4 Å². The Morgan fingerprint density at radius 2 is 2.11 bits per heavy atom. The molecule has 2 aromatic heterocycles. The van der Waals surface area contributed by atoms with E-state index < -0.39 is 0 Å². The SMILES string of the molecule is CCCn1ncc(-c2cc(-c3cccc(OCCO)c3)c(C#N)c(N)n2)c1C. The van der Waals surface area contributed by atoms with E-state index in [-0.39, 0.29) is 19.0 Å². The van der Waals surface area contributed by atoms with Crippen molar-refractivity contribution < 1.29 is 9.84 Å². The summed E-state index contributed by atoms with van der Waals surface area (Å²) in [6.07, 6.45) is 2.76. The van der Waals surface area contributed by atoms with Crippen molar-refractivity contribution in [2.45, 2.75) is 26.8 Å². The number of nitriles is 1. The van der Waals surface area contributed by atoms with E-state index >= 15 is 0 Å². The lowest BCUT2D eigenvalue weighted by Crippen LogP contribution is -2.03. The van der Waals surface area contributed by atoms with Crippen LogP contribution in [0.5, 0.6) is 5.75 Å². The minimum absolute atomic E-state index is 0.0684. The van der Waals surface area contributed by atoms with E-state index in [9.17, 15) is 5.26 Å². The highest BCUT2D eigenvalue weighted by molar-refractivity contribution is 5.80. The molecule has 28 heavy (non-hydrogen) atoms. The van der Waals surface area contributed by atoms with E-state index in [1.165, 1.54) is 0 Å². The van der Waals surface area contributed by atoms with E-state index in [2.05, 4.69) is 23.1 Å². The normalized spacial score (nSPS) is 10.6. The van der Waals surface area contributed by atoms with Crippen LogP contribution in [-0.2, 0) is 6.54 Å². The minimum atomic E-state index is -0.0684. The van der Waals surface area contributed by atoms with Gasteiger partial charge in [0.05, 0.1) is 18.5 Å². The summed E-state index contributed by atoms with van der Waals surface area (Å²) >= 11 is 0. The van der Waals surface area contributed by atoms with Crippen molar-refractivity contribution in [1.29, 1.82) is 5.26 Å². The van der Waals surface area contributed by atoms with Crippen LogP contribution in [0.3, 0.4) is 0 Å². The molecule has 144 valence electrons. The summed E-state index contributed by atoms with van der Waals surface area (Å²) in [6.45, 7) is 5.06. The van der Waals surface area contributed by atoms with E-state index in [0.29, 0.717) is 22.6 Å². The average molecular weight is 377 g/mol. The molecular formula is C21H23N5O2. The predicted octanol–water partition coefficient (Wildman–Crippen LogP) is 3.16. The van der Waals surface area contributed by atoms with Crippen molar-refractivity contribution in [3.63, 3.8) is 0 Å². The number of rotatable bonds is 7. The molecule has 3 N–H and O–H groups in total. The van der Waals surface area contributed by atoms with Gasteiger partial charge < -0.3 is 15.6 Å². The largest absolute Gasteiger partial charge is 0.491 e. The Bertz CT molecular complexity index is 1020. The predicted molar refractivity (Wildman–Crippen MR) is 108 cm³/mol. The van der Waals surface area contributed by atoms with Gasteiger partial charge in [0.15, 0.2) is 0 Å². The molecule has 0 atom stereocenters. The number of aliphatic hydroxyl groups is 1. The lowest BCUT2D eigenvalue weighted by atomic mass is 9.98. The second-order valence-electron chi connectivity index (χ2n) is 6.39. The summed E-state index contributed by atoms with van der Waals surface area (Å²) in [5, 5.41) is 23.0. The number of hydrogen-bond donors (Lipinski definition) is 2. The average Bonchev–Trinajstić information content (AvgIpc) is 3.06. The summed E-state index contributed by atoms with van der Waals surface area (Å²) in [5.74, 6) is 0.790. The first-order valence-electron chi connectivity index (χ1n) is 9.16. The van der Waals surface area contributed by atoms with Crippen LogP contribution in [0.4, 0.5) is 5.82 Å². The lowest BCUT2D eigenvalue weighted by molar-refractivity contribution is 0.201. The van der Waals surface area contributed by atoms with E-state index in [1.54, 1.807) is 12.3 Å². The molecule has 0 bridgehead atoms. The first kappa shape index (κ1) is 19.4. The van der Waals surface area contributed by atoms with E-state index in [4.69, 9.17) is 15.6 Å². The molecule has 7 nitrogen and oxygen atoms in total. The molecular weight excluding hydrogens is 354 g/mol. The highest BCUT2D eigenvalue weighted by Crippen LogP contribution is 2.33. The molecule has 1 aromatic carbocycles. The molecule has 0 spiro atoms. The second-order valence-corrected chi connectivity index (χ2v) is 6.39. The molecule has 0 radical (unpaired) electrons. The molecule has 0 aliphatic heterocycles. The number of benzene rings is 1. The Labute approximate surface area is 164 Å². The molecule has 0 unspecified atom stereocenters. The smallest absolute Gasteiger partial charge is 0.142 e. The van der Waals surface area contributed by atoms with Crippen molar-refractivity contribution in [3.8, 4) is 34.2 Å². The zero-order valence-electron chi connectivity index (χ0n) is 16.0. The number of pyridine rings is 1. The molecule has 0 saturated carbocycles. The van der Waals surface area contributed by atoms with Gasteiger partial charge in [-0.3, -0.25) is 4.68 Å². The van der Waals surface area contributed by atoms with Gasteiger partial charge in [-0.2, -0.15) is 10.4 Å². The fourth-order valence-electron chi connectivity index (χ4n) is 3.10. The van der Waals surface area contributed by atoms with Gasteiger partial charge in [-0.1, -0.05) is 19.1 Å². The van der Waals surface area contributed by atoms with E-state index in [0.717, 1.165) is 29.8 Å². The summed E-state index contributed by atoms with van der Waals surface area (Å²) in [5.41, 5.74) is 10.5. The molecule has 0 fully saturated rings. The highest BCUT2D eigenvalue weighted by Gasteiger charge is 2.17. The van der Waals surface area contributed by atoms with Gasteiger partial charge >= 0.3 is 0 Å². The van der Waals surface area contributed by atoms with Gasteiger partial charge in [-0.05, 0) is 37.1 Å². The van der Waals surface area contributed by atoms with Crippen LogP contribution in [-0.4, -0.2) is 33.1 Å². The second kappa shape index (κ2) is 8.55. The summed E-state index contributed by atoms with van der Waals surface area (Å²) in [6, 6.07) is 11.4. The number of nitrogens with zero attached hydrogens (tertiary/aromatic N) is 4. The third-order valence-corrected chi connectivity index (χ3v) is 4.48. The summed E-state index contributed by atoms with van der Waals surface area (Å²) in [7, 11) is 0. The van der Waals surface area contributed by atoms with Gasteiger partial charge in [0.2, 0.25) is 0 Å². The van der Waals surface area contributed by atoms with Crippen LogP contribution in [0.25, 0.3) is 22.4 Å². The van der Waals surface area contributed by atoms with Gasteiger partial charge in [-0.25, -0.2) is 4.98 Å². The van der Waals surface area contributed by atoms with Crippen molar-refractivity contribution in [2.75, 3.05) is 18.9 Å². The molecule has 0 aliphatic rings. The molecule has 2 heterocycles. The first-order valence-corrected chi connectivity index (χ1v) is 9.16. The number of hydrogen-bond acceptors (Lipinski definition) is 6. The van der Waals surface area contributed by atoms with Crippen molar-refractivity contribution >= 4 is 5.82 Å². The van der Waals surface area contributed by atoms with Crippen LogP contribution in [0.2, 0.25) is 0 Å². The van der Waals surface area contributed by atoms with Crippen LogP contribution in [0, 0.1) is 18.3 Å². The number of nitrogens with two attached hydrogens (primary N) is 1. The fourth-order valence-corrected chi connectivity index (χ4v) is 3.10. The zero-order chi connectivity index (χ0) is 20.1. The van der Waals surface area contributed by atoms with Crippen molar-refractivity contribution in [3.05, 3.63) is 47.8 Å². The maximum Gasteiger partial charge on any atom is 0.142 e. The zero-order valence-corrected chi connectivity index (χ0v) is 16.0. The summed E-state index contributed by atoms with van der Waals surface area (Å²) < 4.78 is 7.43. The Kier molecular flexibility index (Phi) is 5.92. The van der Waals surface area contributed by atoms with Crippen LogP contribution in [0.1, 0.15) is 24.6 Å². The monoisotopic (exact) mass is 377 g/mol. The number of aromatic nitrogens is 3. The van der Waals surface area contributed by atoms with Crippen molar-refractivity contribution in [1.82, 2.24) is 14.8 Å². The molecule has 0 amide bonds. The first-order chi connectivity index (χ1) is 13.6. The standard InChI is InChI=1S/C21H23N5O2/c1-3-7-26-14(2)19(13-24-26)20-11-17(18(12-22)21(23)25-20)15-5-4-6-16(10-15)28-9-8-27/h4-6,10-11,13,27H,3,7-9H2,1-2H3,(H2,23,25). The van der Waals surface area contributed by atoms with Gasteiger partial charge in [0.25, 0.3) is 0 Å². The fraction of sp³-hybridized carbons (Fsp3) is 0.286. The molecule has 3 aromatic rings. The Hall–Kier alpha value is -3.37. The lowest BCUT2D eigenvalue weighted by Gasteiger charge is -2.12. The molecule has 7 heteroatoms. The van der Waals surface area contributed by atoms with Gasteiger partial charge in [-0.15, -0.1) is 0 Å². The van der Waals surface area contributed by atoms with Crippen LogP contribution in [0.15, 0.2) is 36.5 Å². The number of aliphatic hydroxyl groups excluding tert-OH is 1. The number of nitrogen functional groups attached to an aromatic ring is 1. The number of aryl methyl sites for hydroxylation is 1. The van der Waals surface area contributed by atoms with E-state index in [1.807, 2.05) is 35.9 Å². The molecule has 3 rings (SSSR count). The quantitative estimate of drug-likeness (QED) is 0.654. The molecule has 0 aliphatic carbocycles. The minimum Gasteiger partial charge on any atom is -0.491 e. The Morgan fingerprint density at radius 3 is 2.82 bits per heavy atom. The number of ether oxygens (including phenoxy) is 1. The summed E-state index contributed by atoms with van der Waals surface area (Å²) in [4.78, 5) is 4.44. The van der Waals surface area contributed by atoms with Crippen LogP contribution < -0.4 is 10.5 Å². The topological polar surface area (TPSA) is 110 Å². The highest BCUT2D eigenvalue weighted by atomic mass is 16.5. The Morgan fingerprint density at radius 1 is 1.29 bits per heavy atom. The number of anilines is 1. The maximum absolute atomic E-state index is 9.61. The molecule has 0 saturated heterocycles. The third-order valence-electron chi connectivity index (χ3n) is 4.48. The van der Waals surface area contributed by atoms with Crippen molar-refractivity contribution in [2.24, 2.45) is 0 Å².